The van der Waals surface area contributed by atoms with Crippen LogP contribution in [-0.2, 0) is 11.3 Å². The number of urea groups is 1. The van der Waals surface area contributed by atoms with E-state index in [1.807, 2.05) is 18.9 Å². The van der Waals surface area contributed by atoms with Gasteiger partial charge in [0.25, 0.3) is 0 Å². The molecule has 150 valence electrons. The predicted molar refractivity (Wildman–Crippen MR) is 108 cm³/mol. The third kappa shape index (κ3) is 6.62. The van der Waals surface area contributed by atoms with Crippen LogP contribution in [0.1, 0.15) is 18.2 Å². The molecule has 1 aromatic carbocycles. The molecule has 0 aliphatic carbocycles. The van der Waals surface area contributed by atoms with Gasteiger partial charge in [-0.15, -0.1) is 0 Å². The van der Waals surface area contributed by atoms with E-state index in [9.17, 15) is 14.0 Å². The van der Waals surface area contributed by atoms with Crippen molar-refractivity contribution in [3.05, 3.63) is 53.6 Å². The average Bonchev–Trinajstić information content (AvgIpc) is 2.64. The Labute approximate surface area is 164 Å². The van der Waals surface area contributed by atoms with Crippen LogP contribution in [0.5, 0.6) is 0 Å². The molecule has 0 bridgehead atoms. The van der Waals surface area contributed by atoms with E-state index in [0.29, 0.717) is 25.3 Å². The summed E-state index contributed by atoms with van der Waals surface area (Å²) in [7, 11) is 3.67. The zero-order valence-corrected chi connectivity index (χ0v) is 16.6. The lowest BCUT2D eigenvalue weighted by atomic mass is 10.2. The van der Waals surface area contributed by atoms with Crippen molar-refractivity contribution in [1.29, 1.82) is 0 Å². The van der Waals surface area contributed by atoms with Crippen LogP contribution in [0.3, 0.4) is 0 Å². The summed E-state index contributed by atoms with van der Waals surface area (Å²) >= 11 is 0. The molecule has 0 saturated heterocycles. The number of rotatable bonds is 7. The van der Waals surface area contributed by atoms with E-state index in [1.54, 1.807) is 36.2 Å². The molecule has 0 aliphatic rings. The normalized spacial score (nSPS) is 10.6. The Bertz CT molecular complexity index is 826. The van der Waals surface area contributed by atoms with Crippen LogP contribution in [0.4, 0.5) is 20.6 Å². The fourth-order valence-electron chi connectivity index (χ4n) is 2.46. The van der Waals surface area contributed by atoms with Gasteiger partial charge in [-0.2, -0.15) is 0 Å². The largest absolute Gasteiger partial charge is 0.345 e. The average molecular weight is 387 g/mol. The molecule has 0 aliphatic heterocycles. The van der Waals surface area contributed by atoms with Crippen molar-refractivity contribution < 1.29 is 14.0 Å². The third-order valence-electron chi connectivity index (χ3n) is 4.26. The van der Waals surface area contributed by atoms with Gasteiger partial charge < -0.3 is 20.4 Å². The van der Waals surface area contributed by atoms with Crippen LogP contribution >= 0.6 is 0 Å². The van der Waals surface area contributed by atoms with E-state index in [4.69, 9.17) is 0 Å². The maximum absolute atomic E-state index is 14.1. The van der Waals surface area contributed by atoms with Gasteiger partial charge >= 0.3 is 6.03 Å². The zero-order valence-electron chi connectivity index (χ0n) is 16.6. The molecule has 3 amide bonds. The molecule has 0 unspecified atom stereocenters. The second-order valence-electron chi connectivity index (χ2n) is 6.76. The Morgan fingerprint density at radius 1 is 1.11 bits per heavy atom. The van der Waals surface area contributed by atoms with Crippen molar-refractivity contribution in [3.8, 4) is 0 Å². The molecule has 2 N–H and O–H groups in total. The van der Waals surface area contributed by atoms with Gasteiger partial charge in [-0.1, -0.05) is 6.07 Å². The van der Waals surface area contributed by atoms with E-state index in [-0.39, 0.29) is 11.6 Å². The molecule has 0 spiro atoms. The Balaban J connectivity index is 1.95. The SMILES string of the molecule is CC(=O)N(C)CCN(C)Cc1ccc(F)c(NC(=O)Nc2ccc(C)nc2)c1. The second-order valence-corrected chi connectivity index (χ2v) is 6.76. The highest BCUT2D eigenvalue weighted by Gasteiger charge is 2.10. The van der Waals surface area contributed by atoms with Crippen LogP contribution in [0.15, 0.2) is 36.5 Å². The van der Waals surface area contributed by atoms with Gasteiger partial charge in [0.1, 0.15) is 5.82 Å². The summed E-state index contributed by atoms with van der Waals surface area (Å²) in [4.78, 5) is 31.1. The van der Waals surface area contributed by atoms with Crippen LogP contribution < -0.4 is 10.6 Å². The summed E-state index contributed by atoms with van der Waals surface area (Å²) in [5.74, 6) is -0.503. The Hall–Kier alpha value is -3.00. The molecule has 0 fully saturated rings. The van der Waals surface area contributed by atoms with E-state index in [1.165, 1.54) is 19.2 Å². The minimum absolute atomic E-state index is 0.0106. The van der Waals surface area contributed by atoms with Crippen molar-refractivity contribution in [2.24, 2.45) is 0 Å². The number of likely N-dealkylation sites (N-methyl/N-ethyl adjacent to an activating group) is 2. The van der Waals surface area contributed by atoms with E-state index >= 15 is 0 Å². The van der Waals surface area contributed by atoms with E-state index in [0.717, 1.165) is 11.3 Å². The summed E-state index contributed by atoms with van der Waals surface area (Å²) in [6, 6.07) is 7.56. The first-order valence-electron chi connectivity index (χ1n) is 8.94. The van der Waals surface area contributed by atoms with Crippen LogP contribution in [0.25, 0.3) is 0 Å². The van der Waals surface area contributed by atoms with Gasteiger partial charge in [0, 0.05) is 39.3 Å². The lowest BCUT2D eigenvalue weighted by molar-refractivity contribution is -0.127. The summed E-state index contributed by atoms with van der Waals surface area (Å²) in [5.41, 5.74) is 2.31. The molecule has 0 atom stereocenters. The van der Waals surface area contributed by atoms with Crippen LogP contribution in [0.2, 0.25) is 0 Å². The fourth-order valence-corrected chi connectivity index (χ4v) is 2.46. The van der Waals surface area contributed by atoms with Crippen molar-refractivity contribution >= 4 is 23.3 Å². The number of anilines is 2. The first-order chi connectivity index (χ1) is 13.2. The number of aromatic nitrogens is 1. The molecule has 8 heteroatoms. The summed E-state index contributed by atoms with van der Waals surface area (Å²) < 4.78 is 14.1. The van der Waals surface area contributed by atoms with Crippen molar-refractivity contribution in [2.45, 2.75) is 20.4 Å². The van der Waals surface area contributed by atoms with Gasteiger partial charge in [0.15, 0.2) is 0 Å². The van der Waals surface area contributed by atoms with Gasteiger partial charge in [-0.3, -0.25) is 9.78 Å². The Morgan fingerprint density at radius 2 is 1.86 bits per heavy atom. The van der Waals surface area contributed by atoms with Gasteiger partial charge in [0.05, 0.1) is 17.6 Å². The molecule has 2 aromatic rings. The number of hydrogen-bond donors (Lipinski definition) is 2. The van der Waals surface area contributed by atoms with E-state index < -0.39 is 11.8 Å². The number of pyridine rings is 1. The highest BCUT2D eigenvalue weighted by Crippen LogP contribution is 2.18. The highest BCUT2D eigenvalue weighted by molar-refractivity contribution is 5.99. The number of nitrogens with one attached hydrogen (secondary N) is 2. The number of carbonyl (C=O) groups is 2. The monoisotopic (exact) mass is 387 g/mol. The Kier molecular flexibility index (Phi) is 7.45. The maximum atomic E-state index is 14.1. The highest BCUT2D eigenvalue weighted by atomic mass is 19.1. The fraction of sp³-hybridized carbons (Fsp3) is 0.350. The lowest BCUT2D eigenvalue weighted by Crippen LogP contribution is -2.33. The second kappa shape index (κ2) is 9.80. The Morgan fingerprint density at radius 3 is 2.50 bits per heavy atom. The smallest absolute Gasteiger partial charge is 0.323 e. The number of carbonyl (C=O) groups excluding carboxylic acids is 2. The summed E-state index contributed by atoms with van der Waals surface area (Å²) in [6.45, 7) is 5.21. The summed E-state index contributed by atoms with van der Waals surface area (Å²) in [6.07, 6.45) is 1.54. The van der Waals surface area contributed by atoms with Crippen molar-refractivity contribution in [1.82, 2.24) is 14.8 Å². The molecule has 2 rings (SSSR count). The number of halogens is 1. The molecular weight excluding hydrogens is 361 g/mol. The van der Waals surface area contributed by atoms with Crippen molar-refractivity contribution in [2.75, 3.05) is 37.8 Å². The minimum atomic E-state index is -0.543. The first kappa shape index (κ1) is 21.3. The van der Waals surface area contributed by atoms with Gasteiger partial charge in [0.2, 0.25) is 5.91 Å². The van der Waals surface area contributed by atoms with Crippen LogP contribution in [-0.4, -0.2) is 53.9 Å². The third-order valence-corrected chi connectivity index (χ3v) is 4.26. The molecule has 1 aromatic heterocycles. The first-order valence-corrected chi connectivity index (χ1v) is 8.94. The number of nitrogens with zero attached hydrogens (tertiary/aromatic N) is 3. The lowest BCUT2D eigenvalue weighted by Gasteiger charge is -2.21. The molecule has 1 heterocycles. The molecule has 28 heavy (non-hydrogen) atoms. The standard InChI is InChI=1S/C20H26FN5O2/c1-14-5-7-17(12-22-14)23-20(28)24-19-11-16(6-8-18(19)21)13-25(3)9-10-26(4)15(2)27/h5-8,11-12H,9-10,13H2,1-4H3,(H2,23,24,28). The van der Waals surface area contributed by atoms with Gasteiger partial charge in [-0.05, 0) is 43.8 Å². The molecule has 7 nitrogen and oxygen atoms in total. The molecule has 0 saturated carbocycles. The number of amides is 3. The number of benzene rings is 1. The summed E-state index contributed by atoms with van der Waals surface area (Å²) in [5, 5.41) is 5.15. The quantitative estimate of drug-likeness (QED) is 0.765. The zero-order chi connectivity index (χ0) is 20.7. The van der Waals surface area contributed by atoms with Gasteiger partial charge in [-0.25, -0.2) is 9.18 Å². The molecular formula is C20H26FN5O2. The predicted octanol–water partition coefficient (Wildman–Crippen LogP) is 3.08. The maximum Gasteiger partial charge on any atom is 0.323 e. The van der Waals surface area contributed by atoms with Crippen molar-refractivity contribution in [3.63, 3.8) is 0 Å². The molecule has 0 radical (unpaired) electrons. The number of aryl methyl sites for hydroxylation is 1. The number of hydrogen-bond acceptors (Lipinski definition) is 4. The van der Waals surface area contributed by atoms with Crippen LogP contribution in [0, 0.1) is 12.7 Å². The topological polar surface area (TPSA) is 77.6 Å². The van der Waals surface area contributed by atoms with E-state index in [2.05, 4.69) is 15.6 Å². The minimum Gasteiger partial charge on any atom is -0.345 e.